The zero-order valence-corrected chi connectivity index (χ0v) is 16.1. The molecule has 0 saturated heterocycles. The smallest absolute Gasteiger partial charge is 0.417 e. The van der Waals surface area contributed by atoms with Crippen molar-refractivity contribution in [2.24, 2.45) is 5.73 Å². The van der Waals surface area contributed by atoms with Gasteiger partial charge in [-0.15, -0.1) is 11.8 Å². The number of thioether (sulfide) groups is 1. The quantitative estimate of drug-likeness (QED) is 0.434. The van der Waals surface area contributed by atoms with Crippen LogP contribution in [0, 0.1) is 11.3 Å². The van der Waals surface area contributed by atoms with Crippen LogP contribution in [0.1, 0.15) is 5.56 Å². The Hall–Kier alpha value is -3.02. The molecule has 0 radical (unpaired) electrons. The molecular formula is C19H17N3O3S2. The van der Waals surface area contributed by atoms with E-state index in [0.717, 1.165) is 11.3 Å². The number of carbonyl (C=O) groups excluding carboxylic acids is 1. The van der Waals surface area contributed by atoms with E-state index in [-0.39, 0.29) is 15.6 Å². The summed E-state index contributed by atoms with van der Waals surface area (Å²) in [5.74, 6) is 1.66. The standard InChI is InChI=1S/C19H17N3O3S2/c1-24-14-9-7-13(8-10-14)12-27-17(21)16(11-20)18(26)22-19(23)25-15-5-3-2-4-6-15/h2-10H,12,21H2,1H3,(H,22,23,26)/b17-16+. The van der Waals surface area contributed by atoms with Crippen LogP contribution in [-0.4, -0.2) is 18.2 Å². The van der Waals surface area contributed by atoms with E-state index in [1.165, 1.54) is 11.8 Å². The third-order valence-electron chi connectivity index (χ3n) is 3.31. The number of nitriles is 1. The minimum atomic E-state index is -0.785. The molecule has 6 nitrogen and oxygen atoms in total. The average molecular weight is 399 g/mol. The van der Waals surface area contributed by atoms with Crippen LogP contribution in [0.4, 0.5) is 4.79 Å². The first-order valence-corrected chi connectivity index (χ1v) is 9.16. The summed E-state index contributed by atoms with van der Waals surface area (Å²) >= 11 is 6.35. The molecule has 0 unspecified atom stereocenters. The molecule has 0 aromatic heterocycles. The van der Waals surface area contributed by atoms with Crippen molar-refractivity contribution in [3.05, 3.63) is 70.8 Å². The van der Waals surface area contributed by atoms with Gasteiger partial charge in [-0.2, -0.15) is 5.26 Å². The highest BCUT2D eigenvalue weighted by molar-refractivity contribution is 8.02. The van der Waals surface area contributed by atoms with Crippen molar-refractivity contribution in [1.29, 1.82) is 5.26 Å². The maximum Gasteiger partial charge on any atom is 0.417 e. The van der Waals surface area contributed by atoms with Gasteiger partial charge in [0.05, 0.1) is 12.1 Å². The Morgan fingerprint density at radius 2 is 1.85 bits per heavy atom. The number of methoxy groups -OCH3 is 1. The molecule has 0 fully saturated rings. The fraction of sp³-hybridized carbons (Fsp3) is 0.105. The molecule has 0 heterocycles. The van der Waals surface area contributed by atoms with Crippen LogP contribution in [0.15, 0.2) is 65.2 Å². The summed E-state index contributed by atoms with van der Waals surface area (Å²) in [6.07, 6.45) is -0.785. The largest absolute Gasteiger partial charge is 0.497 e. The first-order valence-electron chi connectivity index (χ1n) is 7.77. The molecule has 0 bridgehead atoms. The molecule has 8 heteroatoms. The van der Waals surface area contributed by atoms with Gasteiger partial charge in [-0.25, -0.2) is 4.79 Å². The summed E-state index contributed by atoms with van der Waals surface area (Å²) < 4.78 is 10.2. The summed E-state index contributed by atoms with van der Waals surface area (Å²) in [5, 5.41) is 11.9. The van der Waals surface area contributed by atoms with Crippen LogP contribution < -0.4 is 20.5 Å². The van der Waals surface area contributed by atoms with Crippen LogP contribution in [0.5, 0.6) is 11.5 Å². The van der Waals surface area contributed by atoms with Crippen LogP contribution in [-0.2, 0) is 5.75 Å². The number of thiocarbonyl (C=S) groups is 1. The third kappa shape index (κ3) is 6.33. The highest BCUT2D eigenvalue weighted by Crippen LogP contribution is 2.22. The van der Waals surface area contributed by atoms with E-state index in [2.05, 4.69) is 5.32 Å². The zero-order valence-electron chi connectivity index (χ0n) is 14.5. The van der Waals surface area contributed by atoms with E-state index in [1.807, 2.05) is 30.3 Å². The molecular weight excluding hydrogens is 382 g/mol. The van der Waals surface area contributed by atoms with Crippen molar-refractivity contribution in [1.82, 2.24) is 5.32 Å². The van der Waals surface area contributed by atoms with Gasteiger partial charge in [-0.1, -0.05) is 42.5 Å². The number of carbonyl (C=O) groups is 1. The van der Waals surface area contributed by atoms with Gasteiger partial charge in [0.25, 0.3) is 0 Å². The van der Waals surface area contributed by atoms with Gasteiger partial charge in [0.1, 0.15) is 28.1 Å². The van der Waals surface area contributed by atoms with Crippen molar-refractivity contribution in [3.8, 4) is 17.6 Å². The van der Waals surface area contributed by atoms with Crippen molar-refractivity contribution in [2.45, 2.75) is 5.75 Å². The molecule has 3 N–H and O–H groups in total. The van der Waals surface area contributed by atoms with Gasteiger partial charge in [-0.05, 0) is 29.8 Å². The molecule has 27 heavy (non-hydrogen) atoms. The number of ether oxygens (including phenoxy) is 2. The Balaban J connectivity index is 1.96. The lowest BCUT2D eigenvalue weighted by molar-refractivity contribution is 0.206. The van der Waals surface area contributed by atoms with Gasteiger partial charge in [0.2, 0.25) is 0 Å². The lowest BCUT2D eigenvalue weighted by atomic mass is 10.2. The normalized spacial score (nSPS) is 11.0. The number of rotatable bonds is 6. The molecule has 2 aromatic rings. The van der Waals surface area contributed by atoms with E-state index in [4.69, 9.17) is 27.4 Å². The SMILES string of the molecule is COc1ccc(CS/C(N)=C(\C#N)C(=S)NC(=O)Oc2ccccc2)cc1. The van der Waals surface area contributed by atoms with Crippen LogP contribution in [0.25, 0.3) is 0 Å². The first kappa shape index (κ1) is 20.3. The van der Waals surface area contributed by atoms with Crippen LogP contribution >= 0.6 is 24.0 Å². The molecule has 2 aromatic carbocycles. The van der Waals surface area contributed by atoms with Gasteiger partial charge in [-0.3, -0.25) is 5.32 Å². The van der Waals surface area contributed by atoms with Crippen molar-refractivity contribution in [2.75, 3.05) is 7.11 Å². The lowest BCUT2D eigenvalue weighted by Gasteiger charge is -2.09. The van der Waals surface area contributed by atoms with Gasteiger partial charge >= 0.3 is 6.09 Å². The maximum atomic E-state index is 11.9. The van der Waals surface area contributed by atoms with E-state index >= 15 is 0 Å². The number of amides is 1. The highest BCUT2D eigenvalue weighted by Gasteiger charge is 2.14. The van der Waals surface area contributed by atoms with E-state index in [0.29, 0.717) is 11.5 Å². The summed E-state index contributed by atoms with van der Waals surface area (Å²) in [7, 11) is 1.60. The third-order valence-corrected chi connectivity index (χ3v) is 4.61. The Morgan fingerprint density at radius 1 is 1.19 bits per heavy atom. The van der Waals surface area contributed by atoms with E-state index in [9.17, 15) is 10.1 Å². The number of hydrogen-bond acceptors (Lipinski definition) is 7. The van der Waals surface area contributed by atoms with Crippen molar-refractivity contribution in [3.63, 3.8) is 0 Å². The van der Waals surface area contributed by atoms with Crippen molar-refractivity contribution >= 4 is 35.1 Å². The zero-order chi connectivity index (χ0) is 19.6. The lowest BCUT2D eigenvalue weighted by Crippen LogP contribution is -2.33. The van der Waals surface area contributed by atoms with Crippen LogP contribution in [0.3, 0.4) is 0 Å². The number of nitrogens with two attached hydrogens (primary N) is 1. The number of nitrogens with zero attached hydrogens (tertiary/aromatic N) is 1. The second-order valence-electron chi connectivity index (χ2n) is 5.14. The fourth-order valence-corrected chi connectivity index (χ4v) is 3.06. The maximum absolute atomic E-state index is 11.9. The Bertz CT molecular complexity index is 875. The predicted octanol–water partition coefficient (Wildman–Crippen LogP) is 3.74. The van der Waals surface area contributed by atoms with Gasteiger partial charge in [0.15, 0.2) is 0 Å². The number of para-hydroxylation sites is 1. The fourth-order valence-electron chi connectivity index (χ4n) is 1.95. The summed E-state index contributed by atoms with van der Waals surface area (Å²) in [4.78, 5) is 11.8. The molecule has 0 atom stereocenters. The molecule has 0 saturated carbocycles. The minimum Gasteiger partial charge on any atom is -0.497 e. The highest BCUT2D eigenvalue weighted by atomic mass is 32.2. The molecule has 0 spiro atoms. The molecule has 138 valence electrons. The second-order valence-corrected chi connectivity index (χ2v) is 6.57. The topological polar surface area (TPSA) is 97.4 Å². The second kappa shape index (κ2) is 10.2. The summed E-state index contributed by atoms with van der Waals surface area (Å²) in [5.41, 5.74) is 7.00. The Kier molecular flexibility index (Phi) is 7.67. The first-order chi connectivity index (χ1) is 13.0. The number of hydrogen-bond donors (Lipinski definition) is 2. The van der Waals surface area contributed by atoms with Gasteiger partial charge < -0.3 is 15.2 Å². The van der Waals surface area contributed by atoms with E-state index < -0.39 is 6.09 Å². The monoisotopic (exact) mass is 399 g/mol. The Labute approximate surface area is 167 Å². The number of nitrogens with one attached hydrogen (secondary N) is 1. The molecule has 2 rings (SSSR count). The molecule has 0 aliphatic carbocycles. The molecule has 1 amide bonds. The number of benzene rings is 2. The van der Waals surface area contributed by atoms with Crippen molar-refractivity contribution < 1.29 is 14.3 Å². The molecule has 0 aliphatic rings. The average Bonchev–Trinajstić information content (AvgIpc) is 2.68. The summed E-state index contributed by atoms with van der Waals surface area (Å²) in [6.45, 7) is 0. The summed E-state index contributed by atoms with van der Waals surface area (Å²) in [6, 6.07) is 17.9. The van der Waals surface area contributed by atoms with E-state index in [1.54, 1.807) is 37.4 Å². The minimum absolute atomic E-state index is 0.0218. The Morgan fingerprint density at radius 3 is 2.44 bits per heavy atom. The van der Waals surface area contributed by atoms with Crippen LogP contribution in [0.2, 0.25) is 0 Å². The predicted molar refractivity (Wildman–Crippen MR) is 109 cm³/mol. The van der Waals surface area contributed by atoms with Gasteiger partial charge in [0, 0.05) is 5.75 Å². The molecule has 0 aliphatic heterocycles.